The fourth-order valence-corrected chi connectivity index (χ4v) is 3.00. The summed E-state index contributed by atoms with van der Waals surface area (Å²) in [6.45, 7) is 2.43. The molecule has 3 aromatic rings. The zero-order chi connectivity index (χ0) is 26.0. The maximum Gasteiger partial charge on any atom is 0.490 e. The van der Waals surface area contributed by atoms with Crippen LogP contribution in [0.1, 0.15) is 40.6 Å². The van der Waals surface area contributed by atoms with Crippen molar-refractivity contribution in [3.63, 3.8) is 0 Å². The molecule has 186 valence electrons. The third kappa shape index (κ3) is 9.36. The Morgan fingerprint density at radius 3 is 2.17 bits per heavy atom. The molecule has 11 heteroatoms. The second kappa shape index (κ2) is 12.8. The van der Waals surface area contributed by atoms with Crippen molar-refractivity contribution in [2.45, 2.75) is 25.2 Å². The molecule has 1 amide bonds. The van der Waals surface area contributed by atoms with Gasteiger partial charge in [0.1, 0.15) is 0 Å². The largest absolute Gasteiger partial charge is 0.490 e. The number of carbonyl (C=O) groups is 2. The Bertz CT molecular complexity index is 1110. The standard InChI is InChI=1S/C22H22ClN3O2.C2HF3O2/c1-15(25-14-21(27)18-3-2-4-19(23)13-18)16-5-7-20(8-6-16)26-22(28)17-9-11-24-12-10-17;3-2(4,5)1(6)7/h2-13,15,21,25,27H,14H2,1H3,(H,26,28);(H,6,7). The van der Waals surface area contributed by atoms with Gasteiger partial charge in [-0.2, -0.15) is 13.2 Å². The average molecular weight is 510 g/mol. The summed E-state index contributed by atoms with van der Waals surface area (Å²) in [5.74, 6) is -2.93. The third-order valence-corrected chi connectivity index (χ3v) is 4.94. The normalized spacial score (nSPS) is 12.6. The molecule has 35 heavy (non-hydrogen) atoms. The number of rotatable bonds is 7. The summed E-state index contributed by atoms with van der Waals surface area (Å²) in [7, 11) is 0. The number of aromatic nitrogens is 1. The SMILES string of the molecule is CC(NCC(O)c1cccc(Cl)c1)c1ccc(NC(=O)c2ccncc2)cc1.O=C(O)C(F)(F)F. The molecule has 1 aromatic heterocycles. The molecular weight excluding hydrogens is 487 g/mol. The van der Waals surface area contributed by atoms with E-state index in [1.54, 1.807) is 36.7 Å². The Morgan fingerprint density at radius 1 is 1.03 bits per heavy atom. The number of hydrogen-bond acceptors (Lipinski definition) is 5. The smallest absolute Gasteiger partial charge is 0.475 e. The summed E-state index contributed by atoms with van der Waals surface area (Å²) in [6, 6.07) is 18.2. The Kier molecular flexibility index (Phi) is 10.2. The van der Waals surface area contributed by atoms with E-state index in [0.717, 1.165) is 16.8 Å². The molecule has 0 aliphatic carbocycles. The number of nitrogens with one attached hydrogen (secondary N) is 2. The number of aliphatic hydroxyl groups is 1. The van der Waals surface area contributed by atoms with Gasteiger partial charge in [-0.3, -0.25) is 9.78 Å². The van der Waals surface area contributed by atoms with Gasteiger partial charge in [0.15, 0.2) is 0 Å². The first-order valence-electron chi connectivity index (χ1n) is 10.3. The first-order valence-corrected chi connectivity index (χ1v) is 10.6. The van der Waals surface area contributed by atoms with E-state index < -0.39 is 18.2 Å². The molecule has 0 aliphatic rings. The average Bonchev–Trinajstić information content (AvgIpc) is 2.83. The Labute approximate surface area is 204 Å². The van der Waals surface area contributed by atoms with Gasteiger partial charge in [0, 0.05) is 41.3 Å². The van der Waals surface area contributed by atoms with Crippen LogP contribution in [0.5, 0.6) is 0 Å². The number of alkyl halides is 3. The number of carbonyl (C=O) groups excluding carboxylic acids is 1. The summed E-state index contributed by atoms with van der Waals surface area (Å²) in [4.78, 5) is 25.0. The summed E-state index contributed by atoms with van der Waals surface area (Å²) in [6.07, 6.45) is -2.55. The van der Waals surface area contributed by atoms with Crippen LogP contribution >= 0.6 is 11.6 Å². The molecule has 1 heterocycles. The van der Waals surface area contributed by atoms with E-state index in [1.807, 2.05) is 43.3 Å². The summed E-state index contributed by atoms with van der Waals surface area (Å²) >= 11 is 5.97. The second-order valence-electron chi connectivity index (χ2n) is 7.32. The van der Waals surface area contributed by atoms with Gasteiger partial charge in [0.2, 0.25) is 0 Å². The molecule has 0 fully saturated rings. The number of pyridine rings is 1. The van der Waals surface area contributed by atoms with Gasteiger partial charge in [-0.05, 0) is 54.4 Å². The molecule has 2 atom stereocenters. The van der Waals surface area contributed by atoms with Gasteiger partial charge in [-0.15, -0.1) is 0 Å². The van der Waals surface area contributed by atoms with E-state index in [-0.39, 0.29) is 11.9 Å². The molecule has 3 rings (SSSR count). The van der Waals surface area contributed by atoms with Crippen LogP contribution in [0.3, 0.4) is 0 Å². The molecule has 0 saturated heterocycles. The molecule has 0 aliphatic heterocycles. The van der Waals surface area contributed by atoms with Gasteiger partial charge in [0.05, 0.1) is 6.10 Å². The van der Waals surface area contributed by atoms with Gasteiger partial charge in [-0.1, -0.05) is 35.9 Å². The molecule has 0 bridgehead atoms. The lowest BCUT2D eigenvalue weighted by molar-refractivity contribution is -0.192. The van der Waals surface area contributed by atoms with Crippen LogP contribution in [-0.4, -0.2) is 39.8 Å². The van der Waals surface area contributed by atoms with Crippen LogP contribution in [0.25, 0.3) is 0 Å². The van der Waals surface area contributed by atoms with E-state index in [2.05, 4.69) is 15.6 Å². The monoisotopic (exact) mass is 509 g/mol. The Balaban J connectivity index is 0.000000540. The minimum atomic E-state index is -5.08. The highest BCUT2D eigenvalue weighted by Crippen LogP contribution is 2.20. The minimum Gasteiger partial charge on any atom is -0.475 e. The van der Waals surface area contributed by atoms with Crippen LogP contribution in [0.2, 0.25) is 5.02 Å². The van der Waals surface area contributed by atoms with E-state index in [0.29, 0.717) is 17.1 Å². The van der Waals surface area contributed by atoms with E-state index in [1.165, 1.54) is 0 Å². The van der Waals surface area contributed by atoms with Crippen molar-refractivity contribution in [3.05, 3.63) is 94.8 Å². The van der Waals surface area contributed by atoms with Gasteiger partial charge in [-0.25, -0.2) is 4.79 Å². The van der Waals surface area contributed by atoms with Crippen LogP contribution in [-0.2, 0) is 4.79 Å². The van der Waals surface area contributed by atoms with Crippen molar-refractivity contribution in [3.8, 4) is 0 Å². The predicted molar refractivity (Wildman–Crippen MR) is 125 cm³/mol. The Morgan fingerprint density at radius 2 is 1.63 bits per heavy atom. The summed E-state index contributed by atoms with van der Waals surface area (Å²) in [5, 5.41) is 24.2. The molecule has 0 radical (unpaired) electrons. The number of aliphatic carboxylic acids is 1. The number of amides is 1. The van der Waals surface area contributed by atoms with E-state index in [4.69, 9.17) is 21.5 Å². The number of halogens is 4. The molecule has 7 nitrogen and oxygen atoms in total. The lowest BCUT2D eigenvalue weighted by atomic mass is 10.1. The number of aliphatic hydroxyl groups excluding tert-OH is 1. The van der Waals surface area contributed by atoms with Crippen molar-refractivity contribution in [2.24, 2.45) is 0 Å². The number of anilines is 1. The van der Waals surface area contributed by atoms with Gasteiger partial charge in [0.25, 0.3) is 5.91 Å². The molecular formula is C24H23ClF3N3O4. The first-order chi connectivity index (χ1) is 16.5. The van der Waals surface area contributed by atoms with Crippen molar-refractivity contribution < 1.29 is 33.0 Å². The zero-order valence-electron chi connectivity index (χ0n) is 18.5. The highest BCUT2D eigenvalue weighted by Gasteiger charge is 2.38. The number of carboxylic acid groups (broad SMARTS) is 1. The van der Waals surface area contributed by atoms with E-state index >= 15 is 0 Å². The molecule has 2 unspecified atom stereocenters. The summed E-state index contributed by atoms with van der Waals surface area (Å²) in [5.41, 5.74) is 3.11. The van der Waals surface area contributed by atoms with Crippen molar-refractivity contribution >= 4 is 29.2 Å². The van der Waals surface area contributed by atoms with Crippen LogP contribution in [0.15, 0.2) is 73.1 Å². The fourth-order valence-electron chi connectivity index (χ4n) is 2.80. The summed E-state index contributed by atoms with van der Waals surface area (Å²) < 4.78 is 31.7. The van der Waals surface area contributed by atoms with Gasteiger partial charge >= 0.3 is 12.1 Å². The maximum atomic E-state index is 12.2. The molecule has 4 N–H and O–H groups in total. The minimum absolute atomic E-state index is 0.0405. The topological polar surface area (TPSA) is 112 Å². The molecule has 2 aromatic carbocycles. The third-order valence-electron chi connectivity index (χ3n) is 4.70. The highest BCUT2D eigenvalue weighted by atomic mass is 35.5. The Hall–Kier alpha value is -3.47. The van der Waals surface area contributed by atoms with Crippen LogP contribution < -0.4 is 10.6 Å². The molecule has 0 saturated carbocycles. The predicted octanol–water partition coefficient (Wildman–Crippen LogP) is 5.00. The molecule has 0 spiro atoms. The fraction of sp³-hybridized carbons (Fsp3) is 0.208. The lowest BCUT2D eigenvalue weighted by Crippen LogP contribution is -2.24. The van der Waals surface area contributed by atoms with Crippen LogP contribution in [0.4, 0.5) is 18.9 Å². The number of hydrogen-bond donors (Lipinski definition) is 4. The maximum absolute atomic E-state index is 12.2. The van der Waals surface area contributed by atoms with E-state index in [9.17, 15) is 23.1 Å². The lowest BCUT2D eigenvalue weighted by Gasteiger charge is -2.18. The zero-order valence-corrected chi connectivity index (χ0v) is 19.2. The number of nitrogens with zero attached hydrogens (tertiary/aromatic N) is 1. The second-order valence-corrected chi connectivity index (χ2v) is 7.75. The van der Waals surface area contributed by atoms with Crippen LogP contribution in [0, 0.1) is 0 Å². The number of benzene rings is 2. The van der Waals surface area contributed by atoms with Crippen molar-refractivity contribution in [1.29, 1.82) is 0 Å². The quantitative estimate of drug-likeness (QED) is 0.356. The highest BCUT2D eigenvalue weighted by molar-refractivity contribution is 6.30. The van der Waals surface area contributed by atoms with Crippen molar-refractivity contribution in [1.82, 2.24) is 10.3 Å². The van der Waals surface area contributed by atoms with Gasteiger partial charge < -0.3 is 20.8 Å². The van der Waals surface area contributed by atoms with Crippen molar-refractivity contribution in [2.75, 3.05) is 11.9 Å². The first kappa shape index (κ1) is 27.8. The number of carboxylic acids is 1.